The largest absolute Gasteiger partial charge is 0.353 e. The van der Waals surface area contributed by atoms with E-state index in [0.717, 1.165) is 49.5 Å². The Morgan fingerprint density at radius 3 is 2.72 bits per heavy atom. The fourth-order valence-electron chi connectivity index (χ4n) is 4.82. The smallest absolute Gasteiger partial charge is 0.257 e. The van der Waals surface area contributed by atoms with Crippen molar-refractivity contribution in [3.8, 4) is 0 Å². The minimum Gasteiger partial charge on any atom is -0.353 e. The van der Waals surface area contributed by atoms with Gasteiger partial charge < -0.3 is 9.88 Å². The number of aromatic nitrogens is 3. The molecule has 2 aliphatic heterocycles. The Labute approximate surface area is 168 Å². The highest BCUT2D eigenvalue weighted by Crippen LogP contribution is 2.32. The van der Waals surface area contributed by atoms with Gasteiger partial charge in [-0.3, -0.25) is 14.7 Å². The highest BCUT2D eigenvalue weighted by atomic mass is 19.1. The number of halogens is 1. The first kappa shape index (κ1) is 18.2. The van der Waals surface area contributed by atoms with Crippen molar-refractivity contribution in [2.24, 2.45) is 0 Å². The minimum absolute atomic E-state index is 0.0638. The minimum atomic E-state index is -0.294. The number of piperazine rings is 1. The van der Waals surface area contributed by atoms with Gasteiger partial charge in [0.15, 0.2) is 0 Å². The number of rotatable bonds is 5. The lowest BCUT2D eigenvalue weighted by molar-refractivity contribution is 0.167. The summed E-state index contributed by atoms with van der Waals surface area (Å²) in [5.74, 6) is 0.571. The standard InChI is InChI=1S/C22H24FN5O/c23-15-5-8-21(25-12-15)27-13-17-6-7-18(14-27)28(17)10-2-3-16-11-20-19(22(29)26-16)4-1-9-24-20/h1,4-5,8-9,11-12,17-18H,2-3,6-7,10,13-14H2,(H,26,29). The SMILES string of the molecule is O=c1[nH]c(CCCN2C3CCC2CN(c2ccc(F)cn2)C3)cc2ncccc12. The van der Waals surface area contributed by atoms with Crippen LogP contribution in [0.25, 0.3) is 10.9 Å². The topological polar surface area (TPSA) is 65.1 Å². The van der Waals surface area contributed by atoms with E-state index >= 15 is 0 Å². The fourth-order valence-corrected chi connectivity index (χ4v) is 4.82. The molecule has 3 aromatic rings. The first-order valence-corrected chi connectivity index (χ1v) is 10.3. The van der Waals surface area contributed by atoms with Crippen molar-refractivity contribution in [1.29, 1.82) is 0 Å². The predicted molar refractivity (Wildman–Crippen MR) is 111 cm³/mol. The number of hydrogen-bond acceptors (Lipinski definition) is 5. The van der Waals surface area contributed by atoms with Gasteiger partial charge in [0.25, 0.3) is 5.56 Å². The molecule has 2 saturated heterocycles. The van der Waals surface area contributed by atoms with Gasteiger partial charge >= 0.3 is 0 Å². The van der Waals surface area contributed by atoms with Crippen LogP contribution in [0.4, 0.5) is 10.2 Å². The average molecular weight is 393 g/mol. The summed E-state index contributed by atoms with van der Waals surface area (Å²) in [5, 5.41) is 0.639. The van der Waals surface area contributed by atoms with Crippen molar-refractivity contribution in [3.63, 3.8) is 0 Å². The van der Waals surface area contributed by atoms with Crippen LogP contribution in [0.1, 0.15) is 25.0 Å². The van der Waals surface area contributed by atoms with Gasteiger partial charge in [0.2, 0.25) is 0 Å². The lowest BCUT2D eigenvalue weighted by Gasteiger charge is -2.41. The third-order valence-electron chi connectivity index (χ3n) is 6.20. The zero-order valence-electron chi connectivity index (χ0n) is 16.2. The zero-order chi connectivity index (χ0) is 19.8. The molecule has 150 valence electrons. The number of nitrogens with zero attached hydrogens (tertiary/aromatic N) is 4. The third-order valence-corrected chi connectivity index (χ3v) is 6.20. The number of aromatic amines is 1. The zero-order valence-corrected chi connectivity index (χ0v) is 16.2. The van der Waals surface area contributed by atoms with Gasteiger partial charge in [-0.25, -0.2) is 9.37 Å². The number of anilines is 1. The normalized spacial score (nSPS) is 21.8. The first-order valence-electron chi connectivity index (χ1n) is 10.3. The van der Waals surface area contributed by atoms with Gasteiger partial charge in [0.05, 0.1) is 17.1 Å². The van der Waals surface area contributed by atoms with Crippen molar-refractivity contribution in [2.45, 2.75) is 37.8 Å². The van der Waals surface area contributed by atoms with Crippen molar-refractivity contribution in [1.82, 2.24) is 19.9 Å². The second-order valence-electron chi connectivity index (χ2n) is 8.03. The van der Waals surface area contributed by atoms with Gasteiger partial charge in [0, 0.05) is 37.1 Å². The number of pyridine rings is 3. The molecule has 2 atom stereocenters. The molecule has 2 aliphatic rings. The van der Waals surface area contributed by atoms with E-state index in [2.05, 4.69) is 24.8 Å². The summed E-state index contributed by atoms with van der Waals surface area (Å²) in [4.78, 5) is 28.7. The second kappa shape index (κ2) is 7.55. The van der Waals surface area contributed by atoms with Gasteiger partial charge in [-0.1, -0.05) is 0 Å². The molecular weight excluding hydrogens is 369 g/mol. The number of H-pyrrole nitrogens is 1. The monoisotopic (exact) mass is 393 g/mol. The molecule has 5 heterocycles. The number of aryl methyl sites for hydroxylation is 1. The molecule has 29 heavy (non-hydrogen) atoms. The summed E-state index contributed by atoms with van der Waals surface area (Å²) in [6.45, 7) is 2.89. The summed E-state index contributed by atoms with van der Waals surface area (Å²) in [6.07, 6.45) is 7.23. The van der Waals surface area contributed by atoms with E-state index in [1.807, 2.05) is 6.07 Å². The van der Waals surface area contributed by atoms with Crippen LogP contribution >= 0.6 is 0 Å². The maximum absolute atomic E-state index is 13.2. The van der Waals surface area contributed by atoms with E-state index in [4.69, 9.17) is 0 Å². The van der Waals surface area contributed by atoms with Crippen LogP contribution in [0.5, 0.6) is 0 Å². The van der Waals surface area contributed by atoms with Crippen LogP contribution in [0.3, 0.4) is 0 Å². The maximum Gasteiger partial charge on any atom is 0.257 e. The molecule has 3 aromatic heterocycles. The highest BCUT2D eigenvalue weighted by Gasteiger charge is 2.39. The number of fused-ring (bicyclic) bond motifs is 3. The Morgan fingerprint density at radius 1 is 1.14 bits per heavy atom. The maximum atomic E-state index is 13.2. The molecule has 2 bridgehead atoms. The quantitative estimate of drug-likeness (QED) is 0.722. The van der Waals surface area contributed by atoms with E-state index in [9.17, 15) is 9.18 Å². The number of hydrogen-bond donors (Lipinski definition) is 1. The van der Waals surface area contributed by atoms with E-state index in [1.165, 1.54) is 25.1 Å². The average Bonchev–Trinajstić information content (AvgIpc) is 2.96. The molecule has 0 amide bonds. The van der Waals surface area contributed by atoms with Crippen LogP contribution < -0.4 is 10.5 Å². The predicted octanol–water partition coefficient (Wildman–Crippen LogP) is 2.74. The fraction of sp³-hybridized carbons (Fsp3) is 0.409. The summed E-state index contributed by atoms with van der Waals surface area (Å²) in [6, 6.07) is 9.86. The summed E-state index contributed by atoms with van der Waals surface area (Å²) in [5.41, 5.74) is 1.64. The lowest BCUT2D eigenvalue weighted by atomic mass is 10.1. The Balaban J connectivity index is 1.21. The van der Waals surface area contributed by atoms with Crippen LogP contribution in [-0.4, -0.2) is 51.6 Å². The highest BCUT2D eigenvalue weighted by molar-refractivity contribution is 5.77. The Hall–Kier alpha value is -2.80. The third kappa shape index (κ3) is 3.62. The molecule has 5 rings (SSSR count). The van der Waals surface area contributed by atoms with Crippen LogP contribution in [0, 0.1) is 5.82 Å². The van der Waals surface area contributed by atoms with Gasteiger partial charge in [0.1, 0.15) is 11.6 Å². The van der Waals surface area contributed by atoms with Crippen LogP contribution in [0.15, 0.2) is 47.5 Å². The molecule has 0 radical (unpaired) electrons. The second-order valence-corrected chi connectivity index (χ2v) is 8.03. The van der Waals surface area contributed by atoms with E-state index < -0.39 is 0 Å². The lowest BCUT2D eigenvalue weighted by Crippen LogP contribution is -2.54. The van der Waals surface area contributed by atoms with E-state index in [1.54, 1.807) is 24.4 Å². The molecular formula is C22H24FN5O. The molecule has 6 nitrogen and oxygen atoms in total. The molecule has 2 fully saturated rings. The summed E-state index contributed by atoms with van der Waals surface area (Å²) >= 11 is 0. The van der Waals surface area contributed by atoms with Gasteiger partial charge in [-0.05, 0) is 62.6 Å². The Kier molecular flexibility index (Phi) is 4.75. The molecule has 7 heteroatoms. The Bertz CT molecular complexity index is 1050. The van der Waals surface area contributed by atoms with E-state index in [0.29, 0.717) is 17.5 Å². The van der Waals surface area contributed by atoms with Crippen molar-refractivity contribution in [3.05, 3.63) is 64.6 Å². The van der Waals surface area contributed by atoms with Crippen molar-refractivity contribution < 1.29 is 4.39 Å². The van der Waals surface area contributed by atoms with Crippen LogP contribution in [0.2, 0.25) is 0 Å². The van der Waals surface area contributed by atoms with Crippen molar-refractivity contribution >= 4 is 16.7 Å². The molecule has 1 N–H and O–H groups in total. The molecule has 0 aromatic carbocycles. The van der Waals surface area contributed by atoms with Gasteiger partial charge in [-0.15, -0.1) is 0 Å². The van der Waals surface area contributed by atoms with Crippen LogP contribution in [-0.2, 0) is 6.42 Å². The Morgan fingerprint density at radius 2 is 1.97 bits per heavy atom. The number of nitrogens with one attached hydrogen (secondary N) is 1. The molecule has 0 aliphatic carbocycles. The summed E-state index contributed by atoms with van der Waals surface area (Å²) in [7, 11) is 0. The molecule has 2 unspecified atom stereocenters. The summed E-state index contributed by atoms with van der Waals surface area (Å²) < 4.78 is 13.2. The molecule has 0 saturated carbocycles. The van der Waals surface area contributed by atoms with E-state index in [-0.39, 0.29) is 11.4 Å². The van der Waals surface area contributed by atoms with Crippen molar-refractivity contribution in [2.75, 3.05) is 24.5 Å². The van der Waals surface area contributed by atoms with Gasteiger partial charge in [-0.2, -0.15) is 0 Å². The molecule has 0 spiro atoms. The first-order chi connectivity index (χ1) is 14.2.